The zero-order chi connectivity index (χ0) is 11.9. The fourth-order valence-electron chi connectivity index (χ4n) is 1.66. The SMILES string of the molecule is Cn1cc2cc(C(C)(C)C(=O)O)ccc2n1. The molecular formula is C12H14N2O2. The van der Waals surface area contributed by atoms with Gasteiger partial charge in [-0.25, -0.2) is 0 Å². The van der Waals surface area contributed by atoms with Crippen molar-refractivity contribution in [2.45, 2.75) is 19.3 Å². The third-order valence-corrected chi connectivity index (χ3v) is 2.88. The molecule has 84 valence electrons. The van der Waals surface area contributed by atoms with E-state index < -0.39 is 11.4 Å². The summed E-state index contributed by atoms with van der Waals surface area (Å²) in [6.07, 6.45) is 1.89. The molecule has 0 saturated heterocycles. The molecule has 0 radical (unpaired) electrons. The fraction of sp³-hybridized carbons (Fsp3) is 0.333. The van der Waals surface area contributed by atoms with Crippen LogP contribution in [-0.4, -0.2) is 20.9 Å². The van der Waals surface area contributed by atoms with Gasteiger partial charge in [0, 0.05) is 18.6 Å². The van der Waals surface area contributed by atoms with E-state index in [9.17, 15) is 4.79 Å². The van der Waals surface area contributed by atoms with Crippen LogP contribution < -0.4 is 0 Å². The Bertz CT molecular complexity index is 555. The predicted octanol–water partition coefficient (Wildman–Crippen LogP) is 1.94. The average Bonchev–Trinajstić information content (AvgIpc) is 2.56. The molecule has 0 saturated carbocycles. The first-order valence-corrected chi connectivity index (χ1v) is 5.08. The Morgan fingerprint density at radius 1 is 1.44 bits per heavy atom. The van der Waals surface area contributed by atoms with E-state index >= 15 is 0 Å². The number of carboxylic acid groups (broad SMARTS) is 1. The molecule has 0 fully saturated rings. The van der Waals surface area contributed by atoms with E-state index in [1.165, 1.54) is 0 Å². The van der Waals surface area contributed by atoms with Gasteiger partial charge in [-0.3, -0.25) is 9.48 Å². The van der Waals surface area contributed by atoms with Crippen molar-refractivity contribution in [3.63, 3.8) is 0 Å². The highest BCUT2D eigenvalue weighted by Gasteiger charge is 2.29. The number of hydrogen-bond donors (Lipinski definition) is 1. The topological polar surface area (TPSA) is 55.1 Å². The predicted molar refractivity (Wildman–Crippen MR) is 61.4 cm³/mol. The first-order chi connectivity index (χ1) is 7.41. The molecule has 0 aliphatic carbocycles. The van der Waals surface area contributed by atoms with Crippen molar-refractivity contribution in [2.24, 2.45) is 7.05 Å². The van der Waals surface area contributed by atoms with Crippen LogP contribution in [0.25, 0.3) is 10.9 Å². The van der Waals surface area contributed by atoms with Crippen molar-refractivity contribution in [3.05, 3.63) is 30.0 Å². The molecule has 0 aliphatic rings. The minimum Gasteiger partial charge on any atom is -0.481 e. The normalized spacial score (nSPS) is 11.9. The number of carboxylic acids is 1. The Labute approximate surface area is 93.5 Å². The molecule has 0 bridgehead atoms. The molecule has 1 aromatic heterocycles. The number of rotatable bonds is 2. The van der Waals surface area contributed by atoms with Crippen LogP contribution in [-0.2, 0) is 17.3 Å². The number of fused-ring (bicyclic) bond motifs is 1. The highest BCUT2D eigenvalue weighted by atomic mass is 16.4. The quantitative estimate of drug-likeness (QED) is 0.838. The summed E-state index contributed by atoms with van der Waals surface area (Å²) in [6, 6.07) is 5.56. The van der Waals surface area contributed by atoms with Crippen LogP contribution in [0.4, 0.5) is 0 Å². The molecule has 0 unspecified atom stereocenters. The van der Waals surface area contributed by atoms with Crippen LogP contribution in [0.5, 0.6) is 0 Å². The van der Waals surface area contributed by atoms with Crippen molar-refractivity contribution >= 4 is 16.9 Å². The third kappa shape index (κ3) is 1.56. The summed E-state index contributed by atoms with van der Waals surface area (Å²) in [4.78, 5) is 11.1. The molecule has 0 spiro atoms. The van der Waals surface area contributed by atoms with Crippen LogP contribution in [0.1, 0.15) is 19.4 Å². The highest BCUT2D eigenvalue weighted by molar-refractivity contribution is 5.84. The number of benzene rings is 1. The molecular weight excluding hydrogens is 204 g/mol. The van der Waals surface area contributed by atoms with Crippen LogP contribution in [0, 0.1) is 0 Å². The van der Waals surface area contributed by atoms with Gasteiger partial charge in [0.05, 0.1) is 10.9 Å². The van der Waals surface area contributed by atoms with Gasteiger partial charge in [-0.15, -0.1) is 0 Å². The van der Waals surface area contributed by atoms with Gasteiger partial charge in [-0.2, -0.15) is 5.10 Å². The lowest BCUT2D eigenvalue weighted by Crippen LogP contribution is -2.28. The second kappa shape index (κ2) is 3.33. The van der Waals surface area contributed by atoms with Gasteiger partial charge < -0.3 is 5.11 Å². The maximum Gasteiger partial charge on any atom is 0.313 e. The lowest BCUT2D eigenvalue weighted by atomic mass is 9.84. The number of aliphatic carboxylic acids is 1. The largest absolute Gasteiger partial charge is 0.481 e. The lowest BCUT2D eigenvalue weighted by Gasteiger charge is -2.19. The molecule has 2 aromatic rings. The molecule has 1 N–H and O–H groups in total. The molecule has 16 heavy (non-hydrogen) atoms. The summed E-state index contributed by atoms with van der Waals surface area (Å²) in [5.74, 6) is -0.823. The van der Waals surface area contributed by atoms with E-state index in [4.69, 9.17) is 5.11 Å². The Hall–Kier alpha value is -1.84. The fourth-order valence-corrected chi connectivity index (χ4v) is 1.66. The Morgan fingerprint density at radius 2 is 2.12 bits per heavy atom. The lowest BCUT2D eigenvalue weighted by molar-refractivity contribution is -0.142. The van der Waals surface area contributed by atoms with E-state index in [0.29, 0.717) is 0 Å². The average molecular weight is 218 g/mol. The van der Waals surface area contributed by atoms with Gasteiger partial charge in [0.25, 0.3) is 0 Å². The summed E-state index contributed by atoms with van der Waals surface area (Å²) >= 11 is 0. The van der Waals surface area contributed by atoms with Gasteiger partial charge in [-0.05, 0) is 31.5 Å². The monoisotopic (exact) mass is 218 g/mol. The highest BCUT2D eigenvalue weighted by Crippen LogP contribution is 2.26. The minimum atomic E-state index is -0.871. The van der Waals surface area contributed by atoms with Crippen molar-refractivity contribution in [3.8, 4) is 0 Å². The molecule has 0 atom stereocenters. The number of aryl methyl sites for hydroxylation is 1. The van der Waals surface area contributed by atoms with Gasteiger partial charge in [0.2, 0.25) is 0 Å². The first kappa shape index (κ1) is 10.7. The molecule has 0 aliphatic heterocycles. The molecule has 1 aromatic carbocycles. The van der Waals surface area contributed by atoms with Crippen LogP contribution in [0.15, 0.2) is 24.4 Å². The zero-order valence-electron chi connectivity index (χ0n) is 9.56. The zero-order valence-corrected chi connectivity index (χ0v) is 9.56. The smallest absolute Gasteiger partial charge is 0.313 e. The van der Waals surface area contributed by atoms with Gasteiger partial charge >= 0.3 is 5.97 Å². The molecule has 4 nitrogen and oxygen atoms in total. The van der Waals surface area contributed by atoms with Crippen molar-refractivity contribution in [1.82, 2.24) is 9.78 Å². The van der Waals surface area contributed by atoms with Gasteiger partial charge in [-0.1, -0.05) is 6.07 Å². The Morgan fingerprint density at radius 3 is 2.75 bits per heavy atom. The Balaban J connectivity index is 2.58. The molecule has 2 rings (SSSR count). The summed E-state index contributed by atoms with van der Waals surface area (Å²) in [6.45, 7) is 3.40. The molecule has 4 heteroatoms. The maximum atomic E-state index is 11.1. The second-order valence-electron chi connectivity index (χ2n) is 4.51. The van der Waals surface area contributed by atoms with E-state index in [0.717, 1.165) is 16.5 Å². The summed E-state index contributed by atoms with van der Waals surface area (Å²) in [7, 11) is 1.85. The van der Waals surface area contributed by atoms with Crippen LogP contribution >= 0.6 is 0 Å². The summed E-state index contributed by atoms with van der Waals surface area (Å²) in [5.41, 5.74) is 0.803. The maximum absolute atomic E-state index is 11.1. The number of hydrogen-bond acceptors (Lipinski definition) is 2. The number of aromatic nitrogens is 2. The van der Waals surface area contributed by atoms with Crippen molar-refractivity contribution in [1.29, 1.82) is 0 Å². The van der Waals surface area contributed by atoms with Crippen molar-refractivity contribution in [2.75, 3.05) is 0 Å². The van der Waals surface area contributed by atoms with Gasteiger partial charge in [0.15, 0.2) is 0 Å². The van der Waals surface area contributed by atoms with E-state index in [-0.39, 0.29) is 0 Å². The molecule has 1 heterocycles. The second-order valence-corrected chi connectivity index (χ2v) is 4.51. The van der Waals surface area contributed by atoms with Crippen molar-refractivity contribution < 1.29 is 9.90 Å². The Kier molecular flexibility index (Phi) is 2.22. The minimum absolute atomic E-state index is 0.792. The third-order valence-electron chi connectivity index (χ3n) is 2.88. The number of carbonyl (C=O) groups is 1. The van der Waals surface area contributed by atoms with Gasteiger partial charge in [0.1, 0.15) is 0 Å². The number of nitrogens with zero attached hydrogens (tertiary/aromatic N) is 2. The standard InChI is InChI=1S/C12H14N2O2/c1-12(2,11(15)16)9-4-5-10-8(6-9)7-14(3)13-10/h4-7H,1-3H3,(H,15,16). The molecule has 0 amide bonds. The van der Waals surface area contributed by atoms with E-state index in [2.05, 4.69) is 5.10 Å². The summed E-state index contributed by atoms with van der Waals surface area (Å²) < 4.78 is 1.72. The van der Waals surface area contributed by atoms with Crippen LogP contribution in [0.2, 0.25) is 0 Å². The van der Waals surface area contributed by atoms with E-state index in [1.54, 1.807) is 18.5 Å². The summed E-state index contributed by atoms with van der Waals surface area (Å²) in [5, 5.41) is 14.4. The first-order valence-electron chi connectivity index (χ1n) is 5.08. The van der Waals surface area contributed by atoms with E-state index in [1.807, 2.05) is 31.4 Å². The van der Waals surface area contributed by atoms with Crippen LogP contribution in [0.3, 0.4) is 0 Å².